The van der Waals surface area contributed by atoms with Crippen molar-refractivity contribution in [2.75, 3.05) is 37.8 Å². The first-order chi connectivity index (χ1) is 9.20. The van der Waals surface area contributed by atoms with Gasteiger partial charge < -0.3 is 15.5 Å². The Morgan fingerprint density at radius 3 is 2.40 bits per heavy atom. The van der Waals surface area contributed by atoms with E-state index >= 15 is 0 Å². The maximum atomic E-state index is 11.4. The molecule has 7 heteroatoms. The van der Waals surface area contributed by atoms with Crippen LogP contribution < -0.4 is 15.8 Å². The lowest BCUT2D eigenvalue weighted by molar-refractivity contribution is 0.266. The number of likely N-dealkylation sites (N-methyl/N-ethyl adjacent to an activating group) is 1. The van der Waals surface area contributed by atoms with Crippen LogP contribution in [0.25, 0.3) is 0 Å². The summed E-state index contributed by atoms with van der Waals surface area (Å²) in [7, 11) is 0.385. The molecule has 1 saturated heterocycles. The zero-order valence-corrected chi connectivity index (χ0v) is 12.9. The van der Waals surface area contributed by atoms with Crippen LogP contribution in [0.1, 0.15) is 6.92 Å². The number of nitrogen functional groups attached to an aromatic ring is 1. The minimum atomic E-state index is -3.76. The van der Waals surface area contributed by atoms with E-state index in [0.717, 1.165) is 18.8 Å². The molecule has 0 amide bonds. The van der Waals surface area contributed by atoms with E-state index in [-0.39, 0.29) is 10.6 Å². The van der Waals surface area contributed by atoms with Gasteiger partial charge in [0.25, 0.3) is 0 Å². The first kappa shape index (κ1) is 15.1. The smallest absolute Gasteiger partial charge is 0.240 e. The molecule has 0 aromatic heterocycles. The highest BCUT2D eigenvalue weighted by molar-refractivity contribution is 7.89. The standard InChI is InChI=1S/C13H22N4O2S/c1-9-7-17(8-12(9)16(2)3)10-4-5-13(11(14)6-10)20(15,18)19/h4-6,9,12H,7-8,14H2,1-3H3,(H2,15,18,19). The second-order valence-electron chi connectivity index (χ2n) is 5.68. The number of primary sulfonamides is 1. The summed E-state index contributed by atoms with van der Waals surface area (Å²) < 4.78 is 22.7. The molecule has 2 atom stereocenters. The summed E-state index contributed by atoms with van der Waals surface area (Å²) in [4.78, 5) is 4.42. The Hall–Kier alpha value is -1.31. The number of benzene rings is 1. The van der Waals surface area contributed by atoms with E-state index in [9.17, 15) is 8.42 Å². The summed E-state index contributed by atoms with van der Waals surface area (Å²) in [6, 6.07) is 5.41. The maximum absolute atomic E-state index is 11.4. The zero-order chi connectivity index (χ0) is 15.1. The van der Waals surface area contributed by atoms with Crippen molar-refractivity contribution < 1.29 is 8.42 Å². The van der Waals surface area contributed by atoms with Gasteiger partial charge in [-0.05, 0) is 38.2 Å². The van der Waals surface area contributed by atoms with Crippen LogP contribution >= 0.6 is 0 Å². The van der Waals surface area contributed by atoms with Gasteiger partial charge in [-0.2, -0.15) is 0 Å². The SMILES string of the molecule is CC1CN(c2ccc(S(N)(=O)=O)c(N)c2)CC1N(C)C. The van der Waals surface area contributed by atoms with E-state index in [2.05, 4.69) is 30.8 Å². The third-order valence-corrected chi connectivity index (χ3v) is 4.89. The Balaban J connectivity index is 2.26. The Morgan fingerprint density at radius 2 is 1.95 bits per heavy atom. The Labute approximate surface area is 120 Å². The molecule has 1 fully saturated rings. The average Bonchev–Trinajstić information content (AvgIpc) is 2.69. The molecule has 1 aromatic carbocycles. The molecule has 1 aliphatic heterocycles. The van der Waals surface area contributed by atoms with E-state index in [0.29, 0.717) is 12.0 Å². The van der Waals surface area contributed by atoms with Crippen molar-refractivity contribution in [1.82, 2.24) is 4.90 Å². The largest absolute Gasteiger partial charge is 0.398 e. The van der Waals surface area contributed by atoms with Gasteiger partial charge in [0.2, 0.25) is 10.0 Å². The molecule has 4 N–H and O–H groups in total. The molecule has 112 valence electrons. The number of sulfonamides is 1. The van der Waals surface area contributed by atoms with E-state index in [1.165, 1.54) is 6.07 Å². The van der Waals surface area contributed by atoms with E-state index in [1.54, 1.807) is 12.1 Å². The molecule has 2 rings (SSSR count). The number of anilines is 2. The van der Waals surface area contributed by atoms with Gasteiger partial charge in [0.05, 0.1) is 5.69 Å². The normalized spacial score (nSPS) is 23.6. The summed E-state index contributed by atoms with van der Waals surface area (Å²) in [6.45, 7) is 4.05. The molecule has 0 radical (unpaired) electrons. The first-order valence-corrected chi connectivity index (χ1v) is 8.08. The first-order valence-electron chi connectivity index (χ1n) is 6.54. The Morgan fingerprint density at radius 1 is 1.30 bits per heavy atom. The van der Waals surface area contributed by atoms with Gasteiger partial charge in [-0.3, -0.25) is 0 Å². The van der Waals surface area contributed by atoms with Crippen LogP contribution in [0.2, 0.25) is 0 Å². The zero-order valence-electron chi connectivity index (χ0n) is 12.1. The highest BCUT2D eigenvalue weighted by Crippen LogP contribution is 2.29. The minimum absolute atomic E-state index is 0.0161. The topological polar surface area (TPSA) is 92.7 Å². The number of hydrogen-bond donors (Lipinski definition) is 2. The molecule has 0 spiro atoms. The minimum Gasteiger partial charge on any atom is -0.398 e. The molecule has 6 nitrogen and oxygen atoms in total. The monoisotopic (exact) mass is 298 g/mol. The van der Waals surface area contributed by atoms with Gasteiger partial charge in [-0.15, -0.1) is 0 Å². The second kappa shape index (κ2) is 5.23. The summed E-state index contributed by atoms with van der Waals surface area (Å²) in [5, 5.41) is 5.12. The van der Waals surface area contributed by atoms with Gasteiger partial charge >= 0.3 is 0 Å². The van der Waals surface area contributed by atoms with E-state index in [1.807, 2.05) is 0 Å². The molecule has 20 heavy (non-hydrogen) atoms. The average molecular weight is 298 g/mol. The number of nitrogens with two attached hydrogens (primary N) is 2. The lowest BCUT2D eigenvalue weighted by Crippen LogP contribution is -2.34. The molecule has 2 unspecified atom stereocenters. The van der Waals surface area contributed by atoms with Gasteiger partial charge in [0.15, 0.2) is 0 Å². The maximum Gasteiger partial charge on any atom is 0.240 e. The quantitative estimate of drug-likeness (QED) is 0.783. The van der Waals surface area contributed by atoms with Crippen molar-refractivity contribution in [3.63, 3.8) is 0 Å². The van der Waals surface area contributed by atoms with E-state index < -0.39 is 10.0 Å². The van der Waals surface area contributed by atoms with Crippen molar-refractivity contribution in [2.24, 2.45) is 11.1 Å². The molecular formula is C13H22N4O2S. The Kier molecular flexibility index (Phi) is 3.95. The molecule has 1 aliphatic rings. The van der Waals surface area contributed by atoms with Crippen LogP contribution in [0.4, 0.5) is 11.4 Å². The Bertz CT molecular complexity index is 600. The summed E-state index contributed by atoms with van der Waals surface area (Å²) in [6.07, 6.45) is 0. The molecule has 0 aliphatic carbocycles. The lowest BCUT2D eigenvalue weighted by Gasteiger charge is -2.23. The third-order valence-electron chi connectivity index (χ3n) is 3.90. The van der Waals surface area contributed by atoms with Crippen LogP contribution in [0.3, 0.4) is 0 Å². The van der Waals surface area contributed by atoms with Crippen molar-refractivity contribution in [3.8, 4) is 0 Å². The van der Waals surface area contributed by atoms with Crippen LogP contribution in [-0.4, -0.2) is 46.5 Å². The van der Waals surface area contributed by atoms with Gasteiger partial charge in [-0.25, -0.2) is 13.6 Å². The predicted molar refractivity (Wildman–Crippen MR) is 81.1 cm³/mol. The van der Waals surface area contributed by atoms with Crippen LogP contribution in [0.5, 0.6) is 0 Å². The number of rotatable bonds is 3. The molecule has 0 bridgehead atoms. The third kappa shape index (κ3) is 2.89. The molecule has 1 heterocycles. The molecular weight excluding hydrogens is 276 g/mol. The van der Waals surface area contributed by atoms with Gasteiger partial charge in [-0.1, -0.05) is 6.92 Å². The number of hydrogen-bond acceptors (Lipinski definition) is 5. The fraction of sp³-hybridized carbons (Fsp3) is 0.538. The van der Waals surface area contributed by atoms with Crippen molar-refractivity contribution in [1.29, 1.82) is 0 Å². The van der Waals surface area contributed by atoms with Crippen LogP contribution in [-0.2, 0) is 10.0 Å². The highest BCUT2D eigenvalue weighted by atomic mass is 32.2. The number of nitrogens with zero attached hydrogens (tertiary/aromatic N) is 2. The fourth-order valence-electron chi connectivity index (χ4n) is 2.82. The van der Waals surface area contributed by atoms with Crippen molar-refractivity contribution in [3.05, 3.63) is 18.2 Å². The second-order valence-corrected chi connectivity index (χ2v) is 7.21. The predicted octanol–water partition coefficient (Wildman–Crippen LogP) is 0.303. The lowest BCUT2D eigenvalue weighted by atomic mass is 10.1. The van der Waals surface area contributed by atoms with Gasteiger partial charge in [0, 0.05) is 24.8 Å². The molecule has 1 aromatic rings. The fourth-order valence-corrected chi connectivity index (χ4v) is 3.47. The summed E-state index contributed by atoms with van der Waals surface area (Å²) in [5.41, 5.74) is 6.94. The van der Waals surface area contributed by atoms with Crippen LogP contribution in [0, 0.1) is 5.92 Å². The summed E-state index contributed by atoms with van der Waals surface area (Å²) in [5.74, 6) is 0.546. The van der Waals surface area contributed by atoms with Crippen LogP contribution in [0.15, 0.2) is 23.1 Å². The summed E-state index contributed by atoms with van der Waals surface area (Å²) >= 11 is 0. The highest BCUT2D eigenvalue weighted by Gasteiger charge is 2.31. The van der Waals surface area contributed by atoms with E-state index in [4.69, 9.17) is 10.9 Å². The molecule has 0 saturated carbocycles. The van der Waals surface area contributed by atoms with Gasteiger partial charge in [0.1, 0.15) is 4.90 Å². The van der Waals surface area contributed by atoms with Crippen molar-refractivity contribution in [2.45, 2.75) is 17.9 Å². The van der Waals surface area contributed by atoms with Crippen molar-refractivity contribution >= 4 is 21.4 Å².